The lowest BCUT2D eigenvalue weighted by Crippen LogP contribution is -2.22. The zero-order valence-corrected chi connectivity index (χ0v) is 13.0. The van der Waals surface area contributed by atoms with E-state index >= 15 is 0 Å². The van der Waals surface area contributed by atoms with Gasteiger partial charge >= 0.3 is 0 Å². The first-order valence-corrected chi connectivity index (χ1v) is 6.53. The highest BCUT2D eigenvalue weighted by Crippen LogP contribution is 1.71. The molecule has 110 valence electrons. The monoisotopic (exact) mass is 262 g/mol. The van der Waals surface area contributed by atoms with E-state index in [4.69, 9.17) is 0 Å². The Morgan fingerprint density at radius 1 is 0.737 bits per heavy atom. The van der Waals surface area contributed by atoms with E-state index in [9.17, 15) is 0 Å². The number of benzene rings is 1. The lowest BCUT2D eigenvalue weighted by atomic mass is 10.2. The molecule has 0 spiro atoms. The largest absolute Gasteiger partial charge is 0.103 e. The van der Waals surface area contributed by atoms with Crippen LogP contribution in [-0.4, -0.2) is 0 Å². The van der Waals surface area contributed by atoms with Gasteiger partial charge in [-0.05, 0) is 38.1 Å². The maximum absolute atomic E-state index is 3.36. The summed E-state index contributed by atoms with van der Waals surface area (Å²) in [6.45, 7) is 18.6. The average Bonchev–Trinajstić information content (AvgIpc) is 2.42. The highest BCUT2D eigenvalue weighted by Gasteiger charge is 1.77. The summed E-state index contributed by atoms with van der Waals surface area (Å²) in [5, 5.41) is 2.62. The van der Waals surface area contributed by atoms with Crippen LogP contribution in [0.3, 0.4) is 0 Å². The van der Waals surface area contributed by atoms with Gasteiger partial charge in [-0.15, -0.1) is 13.2 Å². The molecule has 0 nitrogen and oxygen atoms in total. The van der Waals surface area contributed by atoms with Crippen molar-refractivity contribution in [3.8, 4) is 0 Å². The number of hydrogen-bond acceptors (Lipinski definition) is 0. The lowest BCUT2D eigenvalue weighted by molar-refractivity contribution is 1.50. The highest BCUT2D eigenvalue weighted by molar-refractivity contribution is 5.28. The van der Waals surface area contributed by atoms with Gasteiger partial charge in [-0.1, -0.05) is 69.8 Å². The molecule has 0 atom stereocenters. The number of hydrogen-bond donors (Lipinski definition) is 0. The first kappa shape index (κ1) is 26.1. The van der Waals surface area contributed by atoms with Gasteiger partial charge in [0.15, 0.2) is 0 Å². The molecule has 0 unspecified atom stereocenters. The molecular formula is C19H34. The molecule has 0 saturated carbocycles. The normalized spacial score (nSPS) is 9.16. The molecule has 0 saturated heterocycles. The fraction of sp³-hybridized carbons (Fsp3) is 0.368. The van der Waals surface area contributed by atoms with E-state index in [-0.39, 0.29) is 7.43 Å². The number of allylic oxidation sites excluding steroid dienone is 2. The smallest absolute Gasteiger partial charge is 0.0230 e. The van der Waals surface area contributed by atoms with Gasteiger partial charge in [-0.2, -0.15) is 0 Å². The van der Waals surface area contributed by atoms with Gasteiger partial charge in [0, 0.05) is 0 Å². The summed E-state index contributed by atoms with van der Waals surface area (Å²) in [6, 6.07) is 8.36. The standard InChI is InChI=1S/C10H12.2C3H6.C2H6.CH4/c1-3-9-7-5-6-8-10(9)4-2;2*1-3-2;1-2;/h3-8H,1-2H3;2*3H,1H2,2H3;1-2H3;1H4/b9-3-,10-4-;;;;. The van der Waals surface area contributed by atoms with Gasteiger partial charge < -0.3 is 0 Å². The molecule has 0 bridgehead atoms. The zero-order chi connectivity index (χ0) is 14.8. The van der Waals surface area contributed by atoms with Crippen molar-refractivity contribution in [3.63, 3.8) is 0 Å². The van der Waals surface area contributed by atoms with Crippen molar-refractivity contribution < 1.29 is 0 Å². The minimum Gasteiger partial charge on any atom is -0.103 e. The topological polar surface area (TPSA) is 0 Å². The quantitative estimate of drug-likeness (QED) is 0.554. The van der Waals surface area contributed by atoms with Crippen molar-refractivity contribution in [2.45, 2.75) is 49.0 Å². The molecule has 0 aliphatic rings. The summed E-state index contributed by atoms with van der Waals surface area (Å²) in [5.41, 5.74) is 0. The van der Waals surface area contributed by atoms with Crippen LogP contribution in [0.25, 0.3) is 12.2 Å². The van der Waals surface area contributed by atoms with Crippen LogP contribution >= 0.6 is 0 Å². The Morgan fingerprint density at radius 2 is 0.947 bits per heavy atom. The molecule has 1 aromatic rings. The first-order chi connectivity index (χ1) is 8.71. The van der Waals surface area contributed by atoms with Crippen LogP contribution in [-0.2, 0) is 0 Å². The van der Waals surface area contributed by atoms with E-state index in [2.05, 4.69) is 63.4 Å². The molecule has 0 aliphatic heterocycles. The third-order valence-corrected chi connectivity index (χ3v) is 1.62. The SMILES string of the molecule is C.C/C=c1/cccc/c1=C/C.C=CC.C=CC.CC. The molecule has 0 radical (unpaired) electrons. The summed E-state index contributed by atoms with van der Waals surface area (Å²) in [5.74, 6) is 0. The fourth-order valence-electron chi connectivity index (χ4n) is 1.04. The Labute approximate surface area is 121 Å². The minimum absolute atomic E-state index is 0. The highest BCUT2D eigenvalue weighted by atomic mass is 13.8. The van der Waals surface area contributed by atoms with E-state index in [1.165, 1.54) is 10.4 Å². The maximum atomic E-state index is 3.36. The van der Waals surface area contributed by atoms with Crippen molar-refractivity contribution in [1.82, 2.24) is 0 Å². The van der Waals surface area contributed by atoms with Crippen LogP contribution in [0, 0.1) is 0 Å². The molecule has 0 heterocycles. The van der Waals surface area contributed by atoms with Crippen LogP contribution < -0.4 is 10.4 Å². The summed E-state index contributed by atoms with van der Waals surface area (Å²) < 4.78 is 0. The van der Waals surface area contributed by atoms with Crippen molar-refractivity contribution in [2.75, 3.05) is 0 Å². The van der Waals surface area contributed by atoms with Gasteiger partial charge in [-0.25, -0.2) is 0 Å². The van der Waals surface area contributed by atoms with Crippen LogP contribution in [0.15, 0.2) is 49.6 Å². The molecule has 1 rings (SSSR count). The van der Waals surface area contributed by atoms with E-state index in [0.29, 0.717) is 0 Å². The molecular weight excluding hydrogens is 228 g/mol. The second kappa shape index (κ2) is 25.3. The van der Waals surface area contributed by atoms with Crippen molar-refractivity contribution >= 4 is 12.2 Å². The Kier molecular flexibility index (Phi) is 34.8. The molecule has 0 amide bonds. The van der Waals surface area contributed by atoms with Gasteiger partial charge in [0.1, 0.15) is 0 Å². The Hall–Kier alpha value is -1.56. The second-order valence-corrected chi connectivity index (χ2v) is 3.02. The number of rotatable bonds is 0. The predicted octanol–water partition coefficient (Wildman–Crippen LogP) is 5.33. The van der Waals surface area contributed by atoms with Crippen molar-refractivity contribution in [2.24, 2.45) is 0 Å². The van der Waals surface area contributed by atoms with Crippen molar-refractivity contribution in [3.05, 3.63) is 60.0 Å². The lowest BCUT2D eigenvalue weighted by Gasteiger charge is -1.85. The Bertz CT molecular complexity index is 344. The maximum Gasteiger partial charge on any atom is -0.0230 e. The summed E-state index contributed by atoms with van der Waals surface area (Å²) in [7, 11) is 0. The molecule has 1 aromatic carbocycles. The van der Waals surface area contributed by atoms with Gasteiger partial charge in [0.2, 0.25) is 0 Å². The summed E-state index contributed by atoms with van der Waals surface area (Å²) >= 11 is 0. The minimum atomic E-state index is 0. The molecule has 0 aliphatic carbocycles. The van der Waals surface area contributed by atoms with E-state index in [1.54, 1.807) is 12.2 Å². The van der Waals surface area contributed by atoms with Crippen LogP contribution in [0.5, 0.6) is 0 Å². The van der Waals surface area contributed by atoms with Crippen molar-refractivity contribution in [1.29, 1.82) is 0 Å². The summed E-state index contributed by atoms with van der Waals surface area (Å²) in [4.78, 5) is 0. The van der Waals surface area contributed by atoms with Gasteiger partial charge in [-0.3, -0.25) is 0 Å². The first-order valence-electron chi connectivity index (χ1n) is 6.53. The average molecular weight is 262 g/mol. The second-order valence-electron chi connectivity index (χ2n) is 3.02. The van der Waals surface area contributed by atoms with Gasteiger partial charge in [0.05, 0.1) is 0 Å². The van der Waals surface area contributed by atoms with Gasteiger partial charge in [0.25, 0.3) is 0 Å². The fourth-order valence-corrected chi connectivity index (χ4v) is 1.04. The molecule has 19 heavy (non-hydrogen) atoms. The molecule has 0 aromatic heterocycles. The molecule has 0 N–H and O–H groups in total. The van der Waals surface area contributed by atoms with E-state index in [1.807, 2.05) is 27.7 Å². The third-order valence-electron chi connectivity index (χ3n) is 1.62. The van der Waals surface area contributed by atoms with Crippen LogP contribution in [0.2, 0.25) is 0 Å². The predicted molar refractivity (Wildman–Crippen MR) is 95.8 cm³/mol. The summed E-state index contributed by atoms with van der Waals surface area (Å²) in [6.07, 6.45) is 7.74. The molecule has 0 heteroatoms. The van der Waals surface area contributed by atoms with E-state index < -0.39 is 0 Å². The molecule has 0 fully saturated rings. The van der Waals surface area contributed by atoms with E-state index in [0.717, 1.165) is 0 Å². The zero-order valence-electron chi connectivity index (χ0n) is 13.0. The Morgan fingerprint density at radius 3 is 1.11 bits per heavy atom. The Balaban J connectivity index is -0.000000106. The van der Waals surface area contributed by atoms with Crippen LogP contribution in [0.1, 0.15) is 49.0 Å². The van der Waals surface area contributed by atoms with Crippen LogP contribution in [0.4, 0.5) is 0 Å². The third kappa shape index (κ3) is 19.0.